The summed E-state index contributed by atoms with van der Waals surface area (Å²) in [4.78, 5) is 0. The molecular weight excluding hydrogens is 388 g/mol. The first-order chi connectivity index (χ1) is 14.6. The Morgan fingerprint density at radius 2 is 1.47 bits per heavy atom. The fourth-order valence-electron chi connectivity index (χ4n) is 4.19. The number of hydrogen-bond acceptors (Lipinski definition) is 7. The summed E-state index contributed by atoms with van der Waals surface area (Å²) in [6.45, 7) is 0.425. The summed E-state index contributed by atoms with van der Waals surface area (Å²) in [5.74, 6) is 2.37. The van der Waals surface area contributed by atoms with Gasteiger partial charge in [-0.05, 0) is 35.4 Å². The molecule has 1 fully saturated rings. The molecule has 4 atom stereocenters. The highest BCUT2D eigenvalue weighted by Crippen LogP contribution is 2.47. The van der Waals surface area contributed by atoms with E-state index in [2.05, 4.69) is 0 Å². The molecular formula is C23H30O7. The standard InChI is InChI=1S/C23H30O7/c1-25-18-8-6-14(10-20(18)27-3)22(29-5)17-13-30-23(16(17)12-24)15-7-9-19(26-2)21(11-15)28-4/h6-11,16-17,22-24H,12-13H2,1-5H3. The smallest absolute Gasteiger partial charge is 0.161 e. The molecule has 164 valence electrons. The van der Waals surface area contributed by atoms with Crippen LogP contribution in [0.4, 0.5) is 0 Å². The third-order valence-corrected chi connectivity index (χ3v) is 5.73. The van der Waals surface area contributed by atoms with E-state index in [1.807, 2.05) is 36.4 Å². The minimum absolute atomic E-state index is 0.0309. The summed E-state index contributed by atoms with van der Waals surface area (Å²) >= 11 is 0. The van der Waals surface area contributed by atoms with Crippen molar-refractivity contribution in [2.24, 2.45) is 11.8 Å². The van der Waals surface area contributed by atoms with Crippen molar-refractivity contribution in [1.29, 1.82) is 0 Å². The van der Waals surface area contributed by atoms with Crippen molar-refractivity contribution < 1.29 is 33.5 Å². The average molecular weight is 418 g/mol. The average Bonchev–Trinajstić information content (AvgIpc) is 3.22. The third-order valence-electron chi connectivity index (χ3n) is 5.73. The van der Waals surface area contributed by atoms with Gasteiger partial charge in [0.15, 0.2) is 23.0 Å². The van der Waals surface area contributed by atoms with Crippen molar-refractivity contribution in [3.8, 4) is 23.0 Å². The molecule has 4 unspecified atom stereocenters. The molecule has 1 heterocycles. The molecule has 0 bridgehead atoms. The lowest BCUT2D eigenvalue weighted by atomic mass is 9.82. The van der Waals surface area contributed by atoms with E-state index in [0.29, 0.717) is 29.6 Å². The number of rotatable bonds is 9. The molecule has 30 heavy (non-hydrogen) atoms. The zero-order valence-corrected chi connectivity index (χ0v) is 18.1. The SMILES string of the molecule is COc1ccc(C(OC)C2COC(c3ccc(OC)c(OC)c3)C2CO)cc1OC. The van der Waals surface area contributed by atoms with Gasteiger partial charge in [0.2, 0.25) is 0 Å². The van der Waals surface area contributed by atoms with Crippen molar-refractivity contribution in [3.05, 3.63) is 47.5 Å². The maximum Gasteiger partial charge on any atom is 0.161 e. The second-order valence-electron chi connectivity index (χ2n) is 7.15. The maximum atomic E-state index is 10.2. The van der Waals surface area contributed by atoms with Crippen LogP contribution in [-0.4, -0.2) is 53.9 Å². The molecule has 1 aliphatic heterocycles. The fourth-order valence-corrected chi connectivity index (χ4v) is 4.19. The lowest BCUT2D eigenvalue weighted by Gasteiger charge is -2.28. The predicted molar refractivity (Wildman–Crippen MR) is 112 cm³/mol. The van der Waals surface area contributed by atoms with Crippen LogP contribution in [0.5, 0.6) is 23.0 Å². The van der Waals surface area contributed by atoms with E-state index in [4.69, 9.17) is 28.4 Å². The first-order valence-corrected chi connectivity index (χ1v) is 9.80. The number of benzene rings is 2. The van der Waals surface area contributed by atoms with Gasteiger partial charge in [-0.25, -0.2) is 0 Å². The van der Waals surface area contributed by atoms with Gasteiger partial charge in [0.1, 0.15) is 0 Å². The summed E-state index contributed by atoms with van der Waals surface area (Å²) in [7, 11) is 8.07. The van der Waals surface area contributed by atoms with Gasteiger partial charge in [0, 0.05) is 25.6 Å². The van der Waals surface area contributed by atoms with E-state index in [0.717, 1.165) is 11.1 Å². The minimum atomic E-state index is -0.280. The van der Waals surface area contributed by atoms with E-state index < -0.39 is 0 Å². The van der Waals surface area contributed by atoms with E-state index in [1.54, 1.807) is 35.5 Å². The van der Waals surface area contributed by atoms with Gasteiger partial charge in [-0.3, -0.25) is 0 Å². The van der Waals surface area contributed by atoms with Crippen molar-refractivity contribution in [1.82, 2.24) is 0 Å². The van der Waals surface area contributed by atoms with E-state index in [9.17, 15) is 5.11 Å². The molecule has 2 aromatic carbocycles. The van der Waals surface area contributed by atoms with Gasteiger partial charge >= 0.3 is 0 Å². The number of ether oxygens (including phenoxy) is 6. The van der Waals surface area contributed by atoms with Crippen LogP contribution in [0.25, 0.3) is 0 Å². The van der Waals surface area contributed by atoms with Crippen LogP contribution in [-0.2, 0) is 9.47 Å². The van der Waals surface area contributed by atoms with Gasteiger partial charge < -0.3 is 33.5 Å². The Kier molecular flexibility index (Phi) is 7.42. The molecule has 2 aromatic rings. The largest absolute Gasteiger partial charge is 0.493 e. The Hall–Kier alpha value is -2.48. The van der Waals surface area contributed by atoms with Gasteiger partial charge in [-0.1, -0.05) is 12.1 Å². The Bertz CT molecular complexity index is 838. The normalized spacial score (nSPS) is 21.9. The molecule has 3 rings (SSSR count). The molecule has 0 spiro atoms. The zero-order chi connectivity index (χ0) is 21.7. The Balaban J connectivity index is 1.89. The number of hydrogen-bond donors (Lipinski definition) is 1. The number of aliphatic hydroxyl groups excluding tert-OH is 1. The highest BCUT2D eigenvalue weighted by atomic mass is 16.5. The van der Waals surface area contributed by atoms with Crippen LogP contribution >= 0.6 is 0 Å². The Morgan fingerprint density at radius 3 is 2.03 bits per heavy atom. The first-order valence-electron chi connectivity index (χ1n) is 9.80. The number of methoxy groups -OCH3 is 5. The van der Waals surface area contributed by atoms with Gasteiger partial charge in [0.05, 0.1) is 47.3 Å². The Morgan fingerprint density at radius 1 is 0.867 bits per heavy atom. The topological polar surface area (TPSA) is 75.6 Å². The highest BCUT2D eigenvalue weighted by Gasteiger charge is 2.43. The maximum absolute atomic E-state index is 10.2. The molecule has 1 N–H and O–H groups in total. The third kappa shape index (κ3) is 4.19. The van der Waals surface area contributed by atoms with Crippen LogP contribution in [0.15, 0.2) is 36.4 Å². The van der Waals surface area contributed by atoms with Crippen molar-refractivity contribution >= 4 is 0 Å². The lowest BCUT2D eigenvalue weighted by Crippen LogP contribution is -2.26. The van der Waals surface area contributed by atoms with Gasteiger partial charge in [-0.2, -0.15) is 0 Å². The molecule has 1 aliphatic rings. The van der Waals surface area contributed by atoms with Crippen molar-refractivity contribution in [2.75, 3.05) is 48.8 Å². The van der Waals surface area contributed by atoms with Crippen LogP contribution in [0.1, 0.15) is 23.3 Å². The molecule has 7 nitrogen and oxygen atoms in total. The Labute approximate surface area is 177 Å². The van der Waals surface area contributed by atoms with Crippen LogP contribution in [0, 0.1) is 11.8 Å². The van der Waals surface area contributed by atoms with E-state index in [-0.39, 0.29) is 30.7 Å². The molecule has 0 amide bonds. The summed E-state index contributed by atoms with van der Waals surface area (Å²) in [6, 6.07) is 11.4. The summed E-state index contributed by atoms with van der Waals surface area (Å²) in [5.41, 5.74) is 1.87. The van der Waals surface area contributed by atoms with Crippen molar-refractivity contribution in [3.63, 3.8) is 0 Å². The molecule has 0 aliphatic carbocycles. The first kappa shape index (κ1) is 22.2. The monoisotopic (exact) mass is 418 g/mol. The second-order valence-corrected chi connectivity index (χ2v) is 7.15. The second kappa shape index (κ2) is 10.0. The fraction of sp³-hybridized carbons (Fsp3) is 0.478. The van der Waals surface area contributed by atoms with Crippen molar-refractivity contribution in [2.45, 2.75) is 12.2 Å². The predicted octanol–water partition coefficient (Wildman–Crippen LogP) is 3.40. The molecule has 0 aromatic heterocycles. The minimum Gasteiger partial charge on any atom is -0.493 e. The molecule has 7 heteroatoms. The number of aliphatic hydroxyl groups is 1. The summed E-state index contributed by atoms with van der Waals surface area (Å²) < 4.78 is 33.5. The van der Waals surface area contributed by atoms with Crippen LogP contribution < -0.4 is 18.9 Å². The molecule has 0 saturated carbocycles. The molecule has 0 radical (unpaired) electrons. The van der Waals surface area contributed by atoms with Crippen LogP contribution in [0.2, 0.25) is 0 Å². The van der Waals surface area contributed by atoms with Crippen LogP contribution in [0.3, 0.4) is 0 Å². The quantitative estimate of drug-likeness (QED) is 0.669. The summed E-state index contributed by atoms with van der Waals surface area (Å²) in [5, 5.41) is 10.2. The van der Waals surface area contributed by atoms with Gasteiger partial charge in [-0.15, -0.1) is 0 Å². The highest BCUT2D eigenvalue weighted by molar-refractivity contribution is 5.45. The summed E-state index contributed by atoms with van der Waals surface area (Å²) in [6.07, 6.45) is -0.551. The van der Waals surface area contributed by atoms with E-state index in [1.165, 1.54) is 0 Å². The van der Waals surface area contributed by atoms with E-state index >= 15 is 0 Å². The van der Waals surface area contributed by atoms with Gasteiger partial charge in [0.25, 0.3) is 0 Å². The molecule has 1 saturated heterocycles. The lowest BCUT2D eigenvalue weighted by molar-refractivity contribution is 0.0242. The zero-order valence-electron chi connectivity index (χ0n) is 18.1.